The fourth-order valence-corrected chi connectivity index (χ4v) is 2.24. The van der Waals surface area contributed by atoms with Crippen LogP contribution in [0.4, 0.5) is 0 Å². The molecule has 0 amide bonds. The third-order valence-corrected chi connectivity index (χ3v) is 3.55. The average molecular weight is 275 g/mol. The van der Waals surface area contributed by atoms with Crippen LogP contribution in [0.5, 0.6) is 0 Å². The quantitative estimate of drug-likeness (QED) is 0.833. The van der Waals surface area contributed by atoms with Crippen molar-refractivity contribution in [1.82, 2.24) is 14.6 Å². The Morgan fingerprint density at radius 3 is 2.75 bits per heavy atom. The average Bonchev–Trinajstić information content (AvgIpc) is 2.71. The number of aryl methyl sites for hydroxylation is 3. The van der Waals surface area contributed by atoms with Crippen molar-refractivity contribution in [2.24, 2.45) is 7.05 Å². The van der Waals surface area contributed by atoms with Gasteiger partial charge in [0.2, 0.25) is 0 Å². The molecule has 2 rings (SSSR count). The Hall–Kier alpha value is -1.88. The van der Waals surface area contributed by atoms with E-state index in [-0.39, 0.29) is 5.56 Å². The van der Waals surface area contributed by atoms with Crippen LogP contribution < -0.4 is 5.56 Å². The maximum atomic E-state index is 11.6. The molecule has 0 radical (unpaired) electrons. The molecule has 0 aliphatic heterocycles. The van der Waals surface area contributed by atoms with Gasteiger partial charge in [-0.3, -0.25) is 4.79 Å². The minimum absolute atomic E-state index is 0.0293. The summed E-state index contributed by atoms with van der Waals surface area (Å²) < 4.78 is 6.74. The summed E-state index contributed by atoms with van der Waals surface area (Å²) >= 11 is 0. The molecule has 0 aliphatic rings. The van der Waals surface area contributed by atoms with E-state index in [4.69, 9.17) is 4.52 Å². The van der Waals surface area contributed by atoms with Gasteiger partial charge < -0.3 is 14.0 Å². The van der Waals surface area contributed by atoms with Crippen molar-refractivity contribution in [3.8, 4) is 0 Å². The summed E-state index contributed by atoms with van der Waals surface area (Å²) in [6, 6.07) is 3.67. The number of hydrogen-bond acceptors (Lipinski definition) is 4. The lowest BCUT2D eigenvalue weighted by Crippen LogP contribution is -2.23. The van der Waals surface area contributed by atoms with Crippen molar-refractivity contribution in [3.05, 3.63) is 51.3 Å². The van der Waals surface area contributed by atoms with Gasteiger partial charge in [-0.05, 0) is 38.9 Å². The summed E-state index contributed by atoms with van der Waals surface area (Å²) in [6.07, 6.45) is 2.71. The van der Waals surface area contributed by atoms with Gasteiger partial charge in [-0.1, -0.05) is 5.16 Å². The zero-order valence-corrected chi connectivity index (χ0v) is 12.5. The first-order valence-corrected chi connectivity index (χ1v) is 6.73. The second kappa shape index (κ2) is 6.05. The highest BCUT2D eigenvalue weighted by molar-refractivity contribution is 5.21. The fraction of sp³-hybridized carbons (Fsp3) is 0.467. The van der Waals surface area contributed by atoms with Crippen LogP contribution in [0.3, 0.4) is 0 Å². The molecule has 0 unspecified atom stereocenters. The summed E-state index contributed by atoms with van der Waals surface area (Å²) in [5.41, 5.74) is 3.21. The molecule has 2 aromatic heterocycles. The van der Waals surface area contributed by atoms with Gasteiger partial charge >= 0.3 is 0 Å². The molecule has 0 atom stereocenters. The SMILES string of the molecule is Cc1noc(C)c1CCN(C)Cc1ccn(C)c(=O)c1. The number of rotatable bonds is 5. The molecule has 20 heavy (non-hydrogen) atoms. The number of pyridine rings is 1. The van der Waals surface area contributed by atoms with Crippen LogP contribution in [0.2, 0.25) is 0 Å². The Morgan fingerprint density at radius 2 is 2.15 bits per heavy atom. The van der Waals surface area contributed by atoms with E-state index in [0.717, 1.165) is 36.5 Å². The van der Waals surface area contributed by atoms with E-state index in [1.807, 2.05) is 19.9 Å². The maximum Gasteiger partial charge on any atom is 0.250 e. The molecule has 0 spiro atoms. The van der Waals surface area contributed by atoms with E-state index in [1.165, 1.54) is 5.56 Å². The second-order valence-electron chi connectivity index (χ2n) is 5.27. The summed E-state index contributed by atoms with van der Waals surface area (Å²) in [6.45, 7) is 5.57. The van der Waals surface area contributed by atoms with Gasteiger partial charge in [-0.2, -0.15) is 0 Å². The maximum absolute atomic E-state index is 11.6. The summed E-state index contributed by atoms with van der Waals surface area (Å²) in [5, 5.41) is 3.96. The topological polar surface area (TPSA) is 51.3 Å². The minimum Gasteiger partial charge on any atom is -0.361 e. The highest BCUT2D eigenvalue weighted by atomic mass is 16.5. The van der Waals surface area contributed by atoms with Crippen molar-refractivity contribution in [1.29, 1.82) is 0 Å². The van der Waals surface area contributed by atoms with Crippen LogP contribution in [0.1, 0.15) is 22.6 Å². The van der Waals surface area contributed by atoms with Crippen molar-refractivity contribution < 1.29 is 4.52 Å². The first kappa shape index (κ1) is 14.5. The highest BCUT2D eigenvalue weighted by Crippen LogP contribution is 2.13. The molecule has 0 aliphatic carbocycles. The molecule has 5 nitrogen and oxygen atoms in total. The lowest BCUT2D eigenvalue weighted by atomic mass is 10.1. The Kier molecular flexibility index (Phi) is 4.39. The standard InChI is InChI=1S/C15H21N3O2/c1-11-14(12(2)20-16-11)6-7-17(3)10-13-5-8-18(4)15(19)9-13/h5,8-9H,6-7,10H2,1-4H3. The summed E-state index contributed by atoms with van der Waals surface area (Å²) in [5.74, 6) is 0.893. The summed E-state index contributed by atoms with van der Waals surface area (Å²) in [7, 11) is 3.81. The largest absolute Gasteiger partial charge is 0.361 e. The van der Waals surface area contributed by atoms with Gasteiger partial charge in [0.1, 0.15) is 5.76 Å². The van der Waals surface area contributed by atoms with E-state index in [2.05, 4.69) is 17.1 Å². The van der Waals surface area contributed by atoms with Gasteiger partial charge in [-0.15, -0.1) is 0 Å². The van der Waals surface area contributed by atoms with Crippen LogP contribution in [0, 0.1) is 13.8 Å². The normalized spacial score (nSPS) is 11.2. The molecule has 0 bridgehead atoms. The fourth-order valence-electron chi connectivity index (χ4n) is 2.24. The van der Waals surface area contributed by atoms with Crippen molar-refractivity contribution >= 4 is 0 Å². The number of aromatic nitrogens is 2. The molecule has 2 heterocycles. The van der Waals surface area contributed by atoms with E-state index in [9.17, 15) is 4.79 Å². The second-order valence-corrected chi connectivity index (χ2v) is 5.27. The van der Waals surface area contributed by atoms with E-state index >= 15 is 0 Å². The molecule has 5 heteroatoms. The van der Waals surface area contributed by atoms with Crippen molar-refractivity contribution in [2.75, 3.05) is 13.6 Å². The van der Waals surface area contributed by atoms with Gasteiger partial charge in [0.05, 0.1) is 5.69 Å². The molecule has 0 saturated heterocycles. The van der Waals surface area contributed by atoms with Gasteiger partial charge in [0.15, 0.2) is 0 Å². The Labute approximate surface area is 118 Å². The predicted molar refractivity (Wildman–Crippen MR) is 77.7 cm³/mol. The van der Waals surface area contributed by atoms with E-state index in [1.54, 1.807) is 23.9 Å². The van der Waals surface area contributed by atoms with Crippen molar-refractivity contribution in [3.63, 3.8) is 0 Å². The number of likely N-dealkylation sites (N-methyl/N-ethyl adjacent to an activating group) is 1. The molecule has 0 N–H and O–H groups in total. The van der Waals surface area contributed by atoms with Crippen LogP contribution >= 0.6 is 0 Å². The third-order valence-electron chi connectivity index (χ3n) is 3.55. The molecular weight excluding hydrogens is 254 g/mol. The Bertz CT molecular complexity index is 623. The van der Waals surface area contributed by atoms with Crippen LogP contribution in [-0.2, 0) is 20.0 Å². The first-order valence-electron chi connectivity index (χ1n) is 6.73. The van der Waals surface area contributed by atoms with Crippen molar-refractivity contribution in [2.45, 2.75) is 26.8 Å². The number of hydrogen-bond donors (Lipinski definition) is 0. The molecule has 108 valence electrons. The zero-order chi connectivity index (χ0) is 14.7. The predicted octanol–water partition coefficient (Wildman–Crippen LogP) is 1.66. The zero-order valence-electron chi connectivity index (χ0n) is 12.5. The lowest BCUT2D eigenvalue weighted by Gasteiger charge is -2.16. The van der Waals surface area contributed by atoms with Crippen LogP contribution in [-0.4, -0.2) is 28.2 Å². The van der Waals surface area contributed by atoms with E-state index < -0.39 is 0 Å². The lowest BCUT2D eigenvalue weighted by molar-refractivity contribution is 0.329. The Morgan fingerprint density at radius 1 is 1.40 bits per heavy atom. The summed E-state index contributed by atoms with van der Waals surface area (Å²) in [4.78, 5) is 13.8. The minimum atomic E-state index is 0.0293. The molecule has 2 aromatic rings. The molecule has 0 fully saturated rings. The first-order chi connectivity index (χ1) is 9.47. The monoisotopic (exact) mass is 275 g/mol. The van der Waals surface area contributed by atoms with Crippen LogP contribution in [0.15, 0.2) is 27.6 Å². The van der Waals surface area contributed by atoms with Gasteiger partial charge in [-0.25, -0.2) is 0 Å². The third kappa shape index (κ3) is 3.36. The molecular formula is C15H21N3O2. The molecule has 0 aromatic carbocycles. The van der Waals surface area contributed by atoms with Gasteiger partial charge in [0, 0.05) is 38.0 Å². The highest BCUT2D eigenvalue weighted by Gasteiger charge is 2.10. The smallest absolute Gasteiger partial charge is 0.250 e. The van der Waals surface area contributed by atoms with Gasteiger partial charge in [0.25, 0.3) is 5.56 Å². The van der Waals surface area contributed by atoms with Crippen LogP contribution in [0.25, 0.3) is 0 Å². The van der Waals surface area contributed by atoms with E-state index in [0.29, 0.717) is 0 Å². The number of nitrogens with zero attached hydrogens (tertiary/aromatic N) is 3. The molecule has 0 saturated carbocycles. The Balaban J connectivity index is 1.94.